The van der Waals surface area contributed by atoms with Gasteiger partial charge >= 0.3 is 6.09 Å². The summed E-state index contributed by atoms with van der Waals surface area (Å²) in [6.45, 7) is 3.95. The lowest BCUT2D eigenvalue weighted by molar-refractivity contribution is 0.0663. The van der Waals surface area contributed by atoms with Gasteiger partial charge in [0.05, 0.1) is 6.04 Å². The van der Waals surface area contributed by atoms with Crippen LogP contribution in [-0.4, -0.2) is 39.6 Å². The van der Waals surface area contributed by atoms with Crippen LogP contribution in [0.3, 0.4) is 0 Å². The molecule has 0 bridgehead atoms. The van der Waals surface area contributed by atoms with Crippen LogP contribution in [-0.2, 0) is 4.74 Å². The normalized spacial score (nSPS) is 26.7. The van der Waals surface area contributed by atoms with Gasteiger partial charge in [-0.3, -0.25) is 9.69 Å². The fraction of sp³-hybridized carbons (Fsp3) is 0.455. The molecule has 2 N–H and O–H groups in total. The van der Waals surface area contributed by atoms with Gasteiger partial charge in [-0.05, 0) is 57.2 Å². The van der Waals surface area contributed by atoms with Gasteiger partial charge in [0.1, 0.15) is 11.3 Å². The van der Waals surface area contributed by atoms with Gasteiger partial charge < -0.3 is 15.0 Å². The fourth-order valence-corrected chi connectivity index (χ4v) is 4.56. The molecule has 1 aliphatic heterocycles. The number of benzene rings is 1. The van der Waals surface area contributed by atoms with Crippen molar-refractivity contribution in [3.05, 3.63) is 59.9 Å². The summed E-state index contributed by atoms with van der Waals surface area (Å²) in [5.41, 5.74) is 1.11. The number of rotatable bonds is 4. The van der Waals surface area contributed by atoms with Crippen molar-refractivity contribution in [2.24, 2.45) is 0 Å². The molecule has 0 spiro atoms. The first-order valence-corrected chi connectivity index (χ1v) is 9.96. The molecule has 1 saturated carbocycles. The highest BCUT2D eigenvalue weighted by atomic mass is 16.6. The standard InChI is InChI=1S/C22H27N3O3/c1-22(2)19(15-7-4-3-5-8-15)25(21(27)28-22)17-12-10-16(11-13-17)24-20(26)18-9-6-14-23-18/h3-9,14,16-17,19,23H,10-13H2,1-2H3,(H,24,26)/t16-,17-,19-/m0/s1. The van der Waals surface area contributed by atoms with E-state index < -0.39 is 5.60 Å². The molecule has 1 saturated heterocycles. The number of carbonyl (C=O) groups excluding carboxylic acids is 2. The molecule has 0 unspecified atom stereocenters. The molecule has 28 heavy (non-hydrogen) atoms. The van der Waals surface area contributed by atoms with E-state index in [2.05, 4.69) is 22.4 Å². The van der Waals surface area contributed by atoms with Crippen LogP contribution in [0.15, 0.2) is 48.7 Å². The minimum atomic E-state index is -0.572. The van der Waals surface area contributed by atoms with E-state index in [9.17, 15) is 9.59 Å². The van der Waals surface area contributed by atoms with Crippen molar-refractivity contribution in [3.8, 4) is 0 Å². The summed E-state index contributed by atoms with van der Waals surface area (Å²) >= 11 is 0. The van der Waals surface area contributed by atoms with E-state index in [0.717, 1.165) is 31.2 Å². The average Bonchev–Trinajstić information content (AvgIpc) is 3.29. The Bertz CT molecular complexity index is 824. The smallest absolute Gasteiger partial charge is 0.411 e. The Balaban J connectivity index is 1.44. The van der Waals surface area contributed by atoms with E-state index in [1.165, 1.54) is 0 Å². The highest BCUT2D eigenvalue weighted by Crippen LogP contribution is 2.44. The first kappa shape index (κ1) is 18.6. The molecule has 1 aromatic heterocycles. The van der Waals surface area contributed by atoms with Crippen molar-refractivity contribution in [1.29, 1.82) is 0 Å². The van der Waals surface area contributed by atoms with Gasteiger partial charge in [-0.25, -0.2) is 4.79 Å². The molecule has 1 atom stereocenters. The highest BCUT2D eigenvalue weighted by molar-refractivity contribution is 5.92. The topological polar surface area (TPSA) is 74.4 Å². The Morgan fingerprint density at radius 3 is 2.46 bits per heavy atom. The zero-order valence-electron chi connectivity index (χ0n) is 16.4. The molecule has 2 aliphatic rings. The van der Waals surface area contributed by atoms with Crippen molar-refractivity contribution in [1.82, 2.24) is 15.2 Å². The lowest BCUT2D eigenvalue weighted by Gasteiger charge is -2.38. The number of carbonyl (C=O) groups is 2. The molecule has 6 heteroatoms. The van der Waals surface area contributed by atoms with E-state index in [-0.39, 0.29) is 30.1 Å². The maximum absolute atomic E-state index is 12.7. The van der Waals surface area contributed by atoms with Gasteiger partial charge in [0.2, 0.25) is 0 Å². The maximum Gasteiger partial charge on any atom is 0.411 e. The minimum absolute atomic E-state index is 0.0719. The largest absolute Gasteiger partial charge is 0.441 e. The maximum atomic E-state index is 12.7. The summed E-state index contributed by atoms with van der Waals surface area (Å²) in [7, 11) is 0. The van der Waals surface area contributed by atoms with Crippen molar-refractivity contribution >= 4 is 12.0 Å². The number of cyclic esters (lactones) is 1. The predicted octanol–water partition coefficient (Wildman–Crippen LogP) is 4.03. The Hall–Kier alpha value is -2.76. The molecule has 2 amide bonds. The average molecular weight is 381 g/mol. The third kappa shape index (κ3) is 3.51. The quantitative estimate of drug-likeness (QED) is 0.840. The number of H-pyrrole nitrogens is 1. The number of aromatic amines is 1. The number of hydrogen-bond donors (Lipinski definition) is 2. The summed E-state index contributed by atoms with van der Waals surface area (Å²) in [6, 6.07) is 13.8. The summed E-state index contributed by atoms with van der Waals surface area (Å²) < 4.78 is 5.74. The number of nitrogens with one attached hydrogen (secondary N) is 2. The van der Waals surface area contributed by atoms with Crippen LogP contribution >= 0.6 is 0 Å². The SMILES string of the molecule is CC1(C)OC(=O)N([C@H]2CC[C@H](NC(=O)c3ccc[nH]3)CC2)[C@H]1c1ccccc1. The summed E-state index contributed by atoms with van der Waals surface area (Å²) in [5.74, 6) is -0.0719. The number of ether oxygens (including phenoxy) is 1. The molecular formula is C22H27N3O3. The van der Waals surface area contributed by atoms with E-state index in [1.54, 1.807) is 12.3 Å². The van der Waals surface area contributed by atoms with Crippen LogP contribution in [0, 0.1) is 0 Å². The van der Waals surface area contributed by atoms with Crippen molar-refractivity contribution in [3.63, 3.8) is 0 Å². The third-order valence-corrected chi connectivity index (χ3v) is 5.88. The van der Waals surface area contributed by atoms with Gasteiger partial charge in [0.25, 0.3) is 5.91 Å². The Labute approximate surface area is 165 Å². The number of nitrogens with zero attached hydrogens (tertiary/aromatic N) is 1. The lowest BCUT2D eigenvalue weighted by atomic mass is 9.86. The lowest BCUT2D eigenvalue weighted by Crippen LogP contribution is -2.46. The number of aromatic nitrogens is 1. The van der Waals surface area contributed by atoms with E-state index in [0.29, 0.717) is 5.69 Å². The summed E-state index contributed by atoms with van der Waals surface area (Å²) in [4.78, 5) is 29.8. The Morgan fingerprint density at radius 1 is 1.11 bits per heavy atom. The number of hydrogen-bond acceptors (Lipinski definition) is 3. The molecule has 2 fully saturated rings. The zero-order chi connectivity index (χ0) is 19.7. The van der Waals surface area contributed by atoms with Gasteiger partial charge in [-0.2, -0.15) is 0 Å². The fourth-order valence-electron chi connectivity index (χ4n) is 4.56. The molecule has 1 aliphatic carbocycles. The van der Waals surface area contributed by atoms with Gasteiger partial charge in [-0.1, -0.05) is 30.3 Å². The first-order valence-electron chi connectivity index (χ1n) is 9.96. The van der Waals surface area contributed by atoms with E-state index >= 15 is 0 Å². The zero-order valence-corrected chi connectivity index (χ0v) is 16.4. The van der Waals surface area contributed by atoms with Crippen LogP contribution < -0.4 is 5.32 Å². The molecule has 1 aromatic carbocycles. The van der Waals surface area contributed by atoms with Crippen LogP contribution in [0.1, 0.15) is 61.6 Å². The molecule has 2 heterocycles. The highest BCUT2D eigenvalue weighted by Gasteiger charge is 2.51. The van der Waals surface area contributed by atoms with Crippen molar-refractivity contribution < 1.29 is 14.3 Å². The second-order valence-electron chi connectivity index (χ2n) is 8.25. The van der Waals surface area contributed by atoms with Crippen LogP contribution in [0.2, 0.25) is 0 Å². The second kappa shape index (κ2) is 7.34. The Kier molecular flexibility index (Phi) is 4.87. The van der Waals surface area contributed by atoms with Crippen molar-refractivity contribution in [2.75, 3.05) is 0 Å². The van der Waals surface area contributed by atoms with E-state index in [4.69, 9.17) is 4.74 Å². The van der Waals surface area contributed by atoms with Crippen LogP contribution in [0.25, 0.3) is 0 Å². The minimum Gasteiger partial charge on any atom is -0.441 e. The third-order valence-electron chi connectivity index (χ3n) is 5.88. The van der Waals surface area contributed by atoms with Crippen LogP contribution in [0.5, 0.6) is 0 Å². The predicted molar refractivity (Wildman–Crippen MR) is 106 cm³/mol. The Morgan fingerprint density at radius 2 is 1.82 bits per heavy atom. The number of amides is 2. The first-order chi connectivity index (χ1) is 13.5. The van der Waals surface area contributed by atoms with Crippen LogP contribution in [0.4, 0.5) is 4.79 Å². The molecule has 148 valence electrons. The molecule has 4 rings (SSSR count). The molecule has 2 aromatic rings. The van der Waals surface area contributed by atoms with Gasteiger partial charge in [0.15, 0.2) is 0 Å². The van der Waals surface area contributed by atoms with E-state index in [1.807, 2.05) is 43.0 Å². The van der Waals surface area contributed by atoms with Gasteiger partial charge in [-0.15, -0.1) is 0 Å². The van der Waals surface area contributed by atoms with Crippen molar-refractivity contribution in [2.45, 2.75) is 63.3 Å². The summed E-state index contributed by atoms with van der Waals surface area (Å²) in [5, 5.41) is 3.10. The summed E-state index contributed by atoms with van der Waals surface area (Å²) in [6.07, 6.45) is 4.91. The molecular weight excluding hydrogens is 354 g/mol. The second-order valence-corrected chi connectivity index (χ2v) is 8.25. The molecule has 0 radical (unpaired) electrons. The molecule has 6 nitrogen and oxygen atoms in total. The monoisotopic (exact) mass is 381 g/mol. The van der Waals surface area contributed by atoms with Gasteiger partial charge in [0, 0.05) is 18.3 Å².